The number of nitrogens with one attached hydrogen (secondary N) is 1. The number of hydrogen-bond donors (Lipinski definition) is 6. The zero-order valence-electron chi connectivity index (χ0n) is 16.8. The molecule has 0 radical (unpaired) electrons. The SMILES string of the molecule is O=C1C(c2[nH]c3cc(S(=O)(=O)O)c(S(=O)(=O)O)cc3c2O)=Nc2cc(S(=O)(=O)O)c(S(=O)(=O)O)cc21. The summed E-state index contributed by atoms with van der Waals surface area (Å²) in [5, 5.41) is 10.1. The molecule has 6 N–H and O–H groups in total. The molecule has 4 rings (SSSR count). The summed E-state index contributed by atoms with van der Waals surface area (Å²) in [7, 11) is -21.0. The lowest BCUT2D eigenvalue weighted by Gasteiger charge is -2.06. The van der Waals surface area contributed by atoms with Crippen LogP contribution in [0.2, 0.25) is 0 Å². The molecule has 2 heterocycles. The Morgan fingerprint density at radius 3 is 1.61 bits per heavy atom. The second kappa shape index (κ2) is 7.63. The Morgan fingerprint density at radius 2 is 1.11 bits per heavy atom. The number of fused-ring (bicyclic) bond motifs is 2. The predicted octanol–water partition coefficient (Wildman–Crippen LogP) is 0.177. The summed E-state index contributed by atoms with van der Waals surface area (Å²) < 4.78 is 130. The Hall–Kier alpha value is -3.24. The van der Waals surface area contributed by atoms with E-state index in [0.717, 1.165) is 0 Å². The van der Waals surface area contributed by atoms with E-state index in [1.807, 2.05) is 0 Å². The fourth-order valence-corrected chi connectivity index (χ4v) is 7.03. The van der Waals surface area contributed by atoms with E-state index in [9.17, 15) is 61.8 Å². The maximum absolute atomic E-state index is 12.9. The van der Waals surface area contributed by atoms with Gasteiger partial charge in [-0.05, 0) is 24.3 Å². The number of ketones is 1. The molecule has 1 aliphatic rings. The van der Waals surface area contributed by atoms with Gasteiger partial charge in [-0.25, -0.2) is 4.99 Å². The van der Waals surface area contributed by atoms with E-state index in [4.69, 9.17) is 0 Å². The Kier molecular flexibility index (Phi) is 5.48. The first kappa shape index (κ1) is 25.8. The minimum absolute atomic E-state index is 0.369. The lowest BCUT2D eigenvalue weighted by molar-refractivity contribution is 0.106. The molecule has 2 aromatic carbocycles. The fourth-order valence-electron chi connectivity index (χ4n) is 3.46. The van der Waals surface area contributed by atoms with Crippen molar-refractivity contribution in [3.63, 3.8) is 0 Å². The van der Waals surface area contributed by atoms with Crippen molar-refractivity contribution < 1.29 is 61.8 Å². The van der Waals surface area contributed by atoms with Crippen molar-refractivity contribution in [3.8, 4) is 5.75 Å². The number of hydrogen-bond acceptors (Lipinski definition) is 11. The number of H-pyrrole nitrogens is 1. The normalized spacial score (nSPS) is 14.8. The van der Waals surface area contributed by atoms with Crippen LogP contribution in [0.1, 0.15) is 16.1 Å². The number of benzene rings is 2. The van der Waals surface area contributed by atoms with Crippen molar-refractivity contribution >= 4 is 68.6 Å². The predicted molar refractivity (Wildman–Crippen MR) is 116 cm³/mol. The Morgan fingerprint density at radius 1 is 0.667 bits per heavy atom. The third-order valence-electron chi connectivity index (χ3n) is 4.94. The average Bonchev–Trinajstić information content (AvgIpc) is 3.20. The van der Waals surface area contributed by atoms with Crippen molar-refractivity contribution in [2.24, 2.45) is 4.99 Å². The molecule has 0 aliphatic carbocycles. The molecule has 0 fully saturated rings. The summed E-state index contributed by atoms with van der Waals surface area (Å²) in [6, 6.07) is 1.88. The van der Waals surface area contributed by atoms with Gasteiger partial charge < -0.3 is 10.1 Å². The number of aromatic nitrogens is 1. The van der Waals surface area contributed by atoms with Gasteiger partial charge in [-0.1, -0.05) is 0 Å². The van der Waals surface area contributed by atoms with Gasteiger partial charge in [0.05, 0.1) is 16.8 Å². The van der Waals surface area contributed by atoms with E-state index in [1.165, 1.54) is 0 Å². The molecule has 192 valence electrons. The second-order valence-electron chi connectivity index (χ2n) is 7.20. The fraction of sp³-hybridized carbons (Fsp3) is 0. The van der Waals surface area contributed by atoms with Crippen molar-refractivity contribution in [3.05, 3.63) is 35.5 Å². The largest absolute Gasteiger partial charge is 0.505 e. The van der Waals surface area contributed by atoms with Crippen LogP contribution in [-0.2, 0) is 40.5 Å². The molecule has 36 heavy (non-hydrogen) atoms. The van der Waals surface area contributed by atoms with Gasteiger partial charge in [-0.15, -0.1) is 0 Å². The third-order valence-corrected chi connectivity index (χ3v) is 8.77. The number of aromatic amines is 1. The van der Waals surface area contributed by atoms with Gasteiger partial charge in [0.15, 0.2) is 5.75 Å². The van der Waals surface area contributed by atoms with E-state index in [-0.39, 0.29) is 5.52 Å². The van der Waals surface area contributed by atoms with E-state index < -0.39 is 99.6 Å². The molecular weight excluding hydrogens is 572 g/mol. The van der Waals surface area contributed by atoms with Crippen LogP contribution in [0.25, 0.3) is 10.9 Å². The van der Waals surface area contributed by atoms with Gasteiger partial charge >= 0.3 is 0 Å². The zero-order chi connectivity index (χ0) is 27.2. The molecular formula is C16H10N2O14S4. The van der Waals surface area contributed by atoms with Crippen LogP contribution in [0, 0.1) is 0 Å². The highest BCUT2D eigenvalue weighted by atomic mass is 32.2. The molecule has 1 aliphatic heterocycles. The molecule has 20 heteroatoms. The van der Waals surface area contributed by atoms with Crippen molar-refractivity contribution in [1.29, 1.82) is 0 Å². The summed E-state index contributed by atoms with van der Waals surface area (Å²) in [6.45, 7) is 0. The highest BCUT2D eigenvalue weighted by Crippen LogP contribution is 2.39. The third kappa shape index (κ3) is 4.18. The number of Topliss-reactive ketones (excluding diaryl/α,β-unsaturated/α-hetero) is 1. The number of aliphatic imine (C=N–C) groups is 1. The van der Waals surface area contributed by atoms with Crippen LogP contribution < -0.4 is 0 Å². The topological polar surface area (TPSA) is 283 Å². The van der Waals surface area contributed by atoms with Crippen LogP contribution >= 0.6 is 0 Å². The summed E-state index contributed by atoms with van der Waals surface area (Å²) in [5.74, 6) is -2.04. The lowest BCUT2D eigenvalue weighted by atomic mass is 10.1. The van der Waals surface area contributed by atoms with Crippen LogP contribution in [0.5, 0.6) is 5.75 Å². The number of carbonyl (C=O) groups is 1. The monoisotopic (exact) mass is 582 g/mol. The van der Waals surface area contributed by atoms with Gasteiger partial charge in [0.1, 0.15) is 31.0 Å². The first-order valence-corrected chi connectivity index (χ1v) is 14.6. The maximum atomic E-state index is 12.9. The molecule has 0 saturated heterocycles. The van der Waals surface area contributed by atoms with Crippen molar-refractivity contribution in [1.82, 2.24) is 4.98 Å². The molecule has 3 aromatic rings. The minimum Gasteiger partial charge on any atom is -0.505 e. The molecule has 0 saturated carbocycles. The molecule has 0 spiro atoms. The smallest absolute Gasteiger partial charge is 0.295 e. The van der Waals surface area contributed by atoms with E-state index in [2.05, 4.69) is 9.98 Å². The number of rotatable bonds is 5. The molecule has 0 amide bonds. The van der Waals surface area contributed by atoms with Crippen molar-refractivity contribution in [2.45, 2.75) is 19.6 Å². The Labute approximate surface area is 200 Å². The molecule has 16 nitrogen and oxygen atoms in total. The number of carbonyl (C=O) groups excluding carboxylic acids is 1. The number of aromatic hydroxyl groups is 1. The van der Waals surface area contributed by atoms with Gasteiger partial charge in [0.2, 0.25) is 5.78 Å². The quantitative estimate of drug-likeness (QED) is 0.219. The molecule has 1 aromatic heterocycles. The Balaban J connectivity index is 1.99. The van der Waals surface area contributed by atoms with Crippen LogP contribution in [0.4, 0.5) is 5.69 Å². The standard InChI is InChI=1S/C16H10N2O14S4/c19-15-5-1-9(33(21,22)23)11(35(27,28)29)3-7(5)17-13(15)14-16(20)6-2-10(34(24,25)26)12(36(30,31)32)4-8(6)18-14/h1-4,17,19H,(H,21,22,23)(H,24,25,26)(H,27,28,29)(H,30,31,32). The Bertz CT molecular complexity index is 2000. The first-order valence-electron chi connectivity index (χ1n) is 8.81. The summed E-state index contributed by atoms with van der Waals surface area (Å²) in [6.07, 6.45) is 0. The average molecular weight is 583 g/mol. The summed E-state index contributed by atoms with van der Waals surface area (Å²) in [4.78, 5) is 13.8. The second-order valence-corrected chi connectivity index (χ2v) is 12.8. The summed E-state index contributed by atoms with van der Waals surface area (Å²) in [5.41, 5.74) is -2.74. The van der Waals surface area contributed by atoms with Gasteiger partial charge in [0.25, 0.3) is 40.5 Å². The van der Waals surface area contributed by atoms with Crippen LogP contribution in [0.15, 0.2) is 48.8 Å². The highest BCUT2D eigenvalue weighted by Gasteiger charge is 2.35. The van der Waals surface area contributed by atoms with E-state index >= 15 is 0 Å². The lowest BCUT2D eigenvalue weighted by Crippen LogP contribution is -2.13. The first-order chi connectivity index (χ1) is 16.2. The zero-order valence-corrected chi connectivity index (χ0v) is 20.1. The maximum Gasteiger partial charge on any atom is 0.295 e. The number of nitrogens with zero attached hydrogens (tertiary/aromatic N) is 1. The molecule has 0 bridgehead atoms. The highest BCUT2D eigenvalue weighted by molar-refractivity contribution is 7.89. The molecule has 0 atom stereocenters. The van der Waals surface area contributed by atoms with E-state index in [0.29, 0.717) is 24.3 Å². The minimum atomic E-state index is -5.27. The van der Waals surface area contributed by atoms with Gasteiger partial charge in [-0.3, -0.25) is 23.0 Å². The van der Waals surface area contributed by atoms with Crippen molar-refractivity contribution in [2.75, 3.05) is 0 Å². The molecule has 0 unspecified atom stereocenters. The van der Waals surface area contributed by atoms with Gasteiger partial charge in [0, 0.05) is 5.39 Å². The summed E-state index contributed by atoms with van der Waals surface area (Å²) >= 11 is 0. The van der Waals surface area contributed by atoms with E-state index in [1.54, 1.807) is 0 Å². The van der Waals surface area contributed by atoms with Gasteiger partial charge in [-0.2, -0.15) is 33.7 Å². The van der Waals surface area contributed by atoms with Crippen LogP contribution in [0.3, 0.4) is 0 Å². The van der Waals surface area contributed by atoms with Crippen LogP contribution in [-0.4, -0.2) is 73.5 Å².